The zero-order chi connectivity index (χ0) is 16.1. The standard InChI is InChI=1S/C16H18FN3O3/c17-13-2-4-14(5-3-13)23-12-16(21)10-20(8-9-22-11-16)15-18-6-1-7-19-15/h1-7,21H,8-12H2/t16-/m0/s1. The predicted octanol–water partition coefficient (Wildman–Crippen LogP) is 1.26. The molecule has 0 bridgehead atoms. The van der Waals surface area contributed by atoms with E-state index in [0.717, 1.165) is 0 Å². The van der Waals surface area contributed by atoms with Gasteiger partial charge in [0.25, 0.3) is 0 Å². The van der Waals surface area contributed by atoms with Crippen molar-refractivity contribution in [3.63, 3.8) is 0 Å². The van der Waals surface area contributed by atoms with E-state index in [2.05, 4.69) is 9.97 Å². The van der Waals surface area contributed by atoms with Crippen molar-refractivity contribution in [3.05, 3.63) is 48.5 Å². The van der Waals surface area contributed by atoms with Crippen molar-refractivity contribution in [2.75, 3.05) is 37.8 Å². The number of aliphatic hydroxyl groups is 1. The number of benzene rings is 1. The molecular formula is C16H18FN3O3. The van der Waals surface area contributed by atoms with Crippen molar-refractivity contribution < 1.29 is 19.0 Å². The fourth-order valence-electron chi connectivity index (χ4n) is 2.38. The van der Waals surface area contributed by atoms with E-state index in [0.29, 0.717) is 24.8 Å². The van der Waals surface area contributed by atoms with E-state index in [4.69, 9.17) is 9.47 Å². The lowest BCUT2D eigenvalue weighted by atomic mass is 10.1. The maximum absolute atomic E-state index is 12.9. The quantitative estimate of drug-likeness (QED) is 0.915. The van der Waals surface area contributed by atoms with Crippen molar-refractivity contribution in [2.24, 2.45) is 0 Å². The van der Waals surface area contributed by atoms with Gasteiger partial charge in [0.15, 0.2) is 0 Å². The summed E-state index contributed by atoms with van der Waals surface area (Å²) in [6.07, 6.45) is 3.31. The molecule has 2 heterocycles. The number of aromatic nitrogens is 2. The maximum Gasteiger partial charge on any atom is 0.225 e. The largest absolute Gasteiger partial charge is 0.490 e. The van der Waals surface area contributed by atoms with Crippen LogP contribution in [0.15, 0.2) is 42.7 Å². The number of halogens is 1. The van der Waals surface area contributed by atoms with Crippen molar-refractivity contribution in [1.82, 2.24) is 9.97 Å². The molecule has 1 atom stereocenters. The number of nitrogens with zero attached hydrogens (tertiary/aromatic N) is 3. The van der Waals surface area contributed by atoms with E-state index in [9.17, 15) is 9.50 Å². The summed E-state index contributed by atoms with van der Waals surface area (Å²) in [6, 6.07) is 7.41. The lowest BCUT2D eigenvalue weighted by molar-refractivity contribution is -0.0537. The Morgan fingerprint density at radius 2 is 2.00 bits per heavy atom. The fourth-order valence-corrected chi connectivity index (χ4v) is 2.38. The van der Waals surface area contributed by atoms with Gasteiger partial charge in [-0.2, -0.15) is 0 Å². The molecule has 122 valence electrons. The van der Waals surface area contributed by atoms with Gasteiger partial charge in [-0.3, -0.25) is 0 Å². The molecule has 0 saturated carbocycles. The lowest BCUT2D eigenvalue weighted by Gasteiger charge is -2.30. The average molecular weight is 319 g/mol. The number of hydrogen-bond donors (Lipinski definition) is 1. The zero-order valence-electron chi connectivity index (χ0n) is 12.6. The number of hydrogen-bond acceptors (Lipinski definition) is 6. The molecule has 1 saturated heterocycles. The van der Waals surface area contributed by atoms with Gasteiger partial charge in [0, 0.05) is 18.9 Å². The molecule has 1 aromatic heterocycles. The molecule has 1 fully saturated rings. The van der Waals surface area contributed by atoms with Gasteiger partial charge in [-0.1, -0.05) is 0 Å². The van der Waals surface area contributed by atoms with Crippen molar-refractivity contribution in [3.8, 4) is 5.75 Å². The summed E-state index contributed by atoms with van der Waals surface area (Å²) >= 11 is 0. The van der Waals surface area contributed by atoms with Crippen LogP contribution in [0.4, 0.5) is 10.3 Å². The minimum absolute atomic E-state index is 0.0297. The van der Waals surface area contributed by atoms with E-state index in [1.165, 1.54) is 24.3 Å². The molecule has 0 radical (unpaired) electrons. The second-order valence-electron chi connectivity index (χ2n) is 5.49. The molecule has 23 heavy (non-hydrogen) atoms. The van der Waals surface area contributed by atoms with Gasteiger partial charge in [0.1, 0.15) is 23.8 Å². The third-order valence-electron chi connectivity index (χ3n) is 3.52. The fraction of sp³-hybridized carbons (Fsp3) is 0.375. The minimum atomic E-state index is -1.20. The second kappa shape index (κ2) is 6.89. The third kappa shape index (κ3) is 4.14. The van der Waals surface area contributed by atoms with E-state index in [-0.39, 0.29) is 25.6 Å². The highest BCUT2D eigenvalue weighted by atomic mass is 19.1. The van der Waals surface area contributed by atoms with Gasteiger partial charge in [-0.15, -0.1) is 0 Å². The van der Waals surface area contributed by atoms with Crippen LogP contribution < -0.4 is 9.64 Å². The Balaban J connectivity index is 1.67. The van der Waals surface area contributed by atoms with Crippen LogP contribution in [0.2, 0.25) is 0 Å². The highest BCUT2D eigenvalue weighted by Gasteiger charge is 2.34. The monoisotopic (exact) mass is 319 g/mol. The molecule has 6 nitrogen and oxygen atoms in total. The van der Waals surface area contributed by atoms with Crippen LogP contribution >= 0.6 is 0 Å². The molecule has 1 N–H and O–H groups in total. The highest BCUT2D eigenvalue weighted by molar-refractivity contribution is 5.30. The minimum Gasteiger partial charge on any atom is -0.490 e. The van der Waals surface area contributed by atoms with Crippen LogP contribution in [-0.2, 0) is 4.74 Å². The molecule has 0 amide bonds. The van der Waals surface area contributed by atoms with E-state index in [1.54, 1.807) is 18.5 Å². The Morgan fingerprint density at radius 1 is 1.26 bits per heavy atom. The van der Waals surface area contributed by atoms with Crippen LogP contribution in [0.1, 0.15) is 0 Å². The number of rotatable bonds is 4. The first-order valence-electron chi connectivity index (χ1n) is 7.35. The molecular weight excluding hydrogens is 301 g/mol. The molecule has 1 aliphatic heterocycles. The summed E-state index contributed by atoms with van der Waals surface area (Å²) in [7, 11) is 0. The van der Waals surface area contributed by atoms with Crippen molar-refractivity contribution in [1.29, 1.82) is 0 Å². The summed E-state index contributed by atoms with van der Waals surface area (Å²) in [6.45, 7) is 1.53. The molecule has 0 spiro atoms. The number of β-amino-alcohol motifs (C(OH)–C–C–N with tert-alkyl or cyclic N) is 1. The van der Waals surface area contributed by atoms with Crippen LogP contribution in [-0.4, -0.2) is 53.6 Å². The Labute approximate surface area is 133 Å². The Hall–Kier alpha value is -2.25. The van der Waals surface area contributed by atoms with Crippen molar-refractivity contribution >= 4 is 5.95 Å². The first kappa shape index (κ1) is 15.6. The topological polar surface area (TPSA) is 67.7 Å². The highest BCUT2D eigenvalue weighted by Crippen LogP contribution is 2.19. The predicted molar refractivity (Wildman–Crippen MR) is 81.9 cm³/mol. The maximum atomic E-state index is 12.9. The summed E-state index contributed by atoms with van der Waals surface area (Å²) in [5, 5.41) is 10.8. The van der Waals surface area contributed by atoms with Crippen molar-refractivity contribution in [2.45, 2.75) is 5.60 Å². The third-order valence-corrected chi connectivity index (χ3v) is 3.52. The number of ether oxygens (including phenoxy) is 2. The SMILES string of the molecule is O[C@]1(COc2ccc(F)cc2)COCCN(c2ncccn2)C1. The average Bonchev–Trinajstić information content (AvgIpc) is 2.78. The molecule has 3 rings (SSSR count). The molecule has 7 heteroatoms. The second-order valence-corrected chi connectivity index (χ2v) is 5.49. The van der Waals surface area contributed by atoms with E-state index in [1.807, 2.05) is 4.90 Å². The van der Waals surface area contributed by atoms with Gasteiger partial charge < -0.3 is 19.5 Å². The molecule has 1 aliphatic rings. The Bertz CT molecular complexity index is 626. The smallest absolute Gasteiger partial charge is 0.225 e. The van der Waals surface area contributed by atoms with Crippen LogP contribution in [0.5, 0.6) is 5.75 Å². The first-order chi connectivity index (χ1) is 11.1. The van der Waals surface area contributed by atoms with E-state index < -0.39 is 5.60 Å². The summed E-state index contributed by atoms with van der Waals surface area (Å²) in [4.78, 5) is 10.3. The lowest BCUT2D eigenvalue weighted by Crippen LogP contribution is -2.49. The van der Waals surface area contributed by atoms with Gasteiger partial charge in [0.05, 0.1) is 19.8 Å². The van der Waals surface area contributed by atoms with Crippen LogP contribution in [0, 0.1) is 5.82 Å². The van der Waals surface area contributed by atoms with Gasteiger partial charge >= 0.3 is 0 Å². The number of anilines is 1. The van der Waals surface area contributed by atoms with E-state index >= 15 is 0 Å². The molecule has 0 aliphatic carbocycles. The molecule has 1 aromatic carbocycles. The van der Waals surface area contributed by atoms with Crippen LogP contribution in [0.25, 0.3) is 0 Å². The summed E-state index contributed by atoms with van der Waals surface area (Å²) in [5.74, 6) is 0.700. The van der Waals surface area contributed by atoms with Gasteiger partial charge in [-0.05, 0) is 30.3 Å². The normalized spacial score (nSPS) is 21.7. The Kier molecular flexibility index (Phi) is 4.68. The van der Waals surface area contributed by atoms with Gasteiger partial charge in [-0.25, -0.2) is 14.4 Å². The Morgan fingerprint density at radius 3 is 2.74 bits per heavy atom. The summed E-state index contributed by atoms with van der Waals surface area (Å²) < 4.78 is 24.0. The first-order valence-corrected chi connectivity index (χ1v) is 7.35. The summed E-state index contributed by atoms with van der Waals surface area (Å²) in [5.41, 5.74) is -1.20. The molecule has 0 unspecified atom stereocenters. The van der Waals surface area contributed by atoms with Crippen LogP contribution in [0.3, 0.4) is 0 Å². The zero-order valence-corrected chi connectivity index (χ0v) is 12.6. The van der Waals surface area contributed by atoms with Gasteiger partial charge in [0.2, 0.25) is 5.95 Å². The molecule has 2 aromatic rings.